The van der Waals surface area contributed by atoms with Gasteiger partial charge in [0.1, 0.15) is 11.8 Å². The van der Waals surface area contributed by atoms with Crippen molar-refractivity contribution < 1.29 is 22.7 Å². The van der Waals surface area contributed by atoms with E-state index in [1.165, 1.54) is 5.01 Å². The molecule has 2 heterocycles. The molecule has 0 N–H and O–H groups in total. The largest absolute Gasteiger partial charge is 0.458 e. The smallest absolute Gasteiger partial charge is 0.354 e. The van der Waals surface area contributed by atoms with Gasteiger partial charge in [0.2, 0.25) is 5.91 Å². The van der Waals surface area contributed by atoms with E-state index >= 15 is 0 Å². The van der Waals surface area contributed by atoms with Crippen molar-refractivity contribution in [2.24, 2.45) is 22.9 Å². The minimum absolute atomic E-state index is 0.0623. The summed E-state index contributed by atoms with van der Waals surface area (Å²) in [7, 11) is -3.13. The summed E-state index contributed by atoms with van der Waals surface area (Å²) in [4.78, 5) is 24.9. The van der Waals surface area contributed by atoms with Gasteiger partial charge in [0.15, 0.2) is 9.84 Å². The second-order valence-corrected chi connectivity index (χ2v) is 10.8. The molecule has 1 saturated carbocycles. The summed E-state index contributed by atoms with van der Waals surface area (Å²) in [5.74, 6) is 0.593. The summed E-state index contributed by atoms with van der Waals surface area (Å²) in [6.45, 7) is 6.48. The van der Waals surface area contributed by atoms with Crippen molar-refractivity contribution >= 4 is 27.4 Å². The molecule has 3 aliphatic rings. The van der Waals surface area contributed by atoms with Crippen LogP contribution < -0.4 is 0 Å². The zero-order valence-electron chi connectivity index (χ0n) is 16.4. The summed E-state index contributed by atoms with van der Waals surface area (Å²) in [6, 6.07) is -0.469. The van der Waals surface area contributed by atoms with Gasteiger partial charge in [-0.15, -0.1) is 0 Å². The monoisotopic (exact) mass is 398 g/mol. The third kappa shape index (κ3) is 4.70. The average molecular weight is 399 g/mol. The van der Waals surface area contributed by atoms with E-state index in [-0.39, 0.29) is 42.1 Å². The Kier molecular flexibility index (Phi) is 5.93. The van der Waals surface area contributed by atoms with E-state index in [1.807, 2.05) is 0 Å². The van der Waals surface area contributed by atoms with Gasteiger partial charge in [-0.05, 0) is 37.0 Å². The van der Waals surface area contributed by atoms with Crippen molar-refractivity contribution in [3.05, 3.63) is 0 Å². The molecular formula is C19H30N2O5S. The number of esters is 1. The van der Waals surface area contributed by atoms with Crippen LogP contribution in [0.1, 0.15) is 59.3 Å². The number of hydrogen-bond donors (Lipinski definition) is 0. The lowest BCUT2D eigenvalue weighted by atomic mass is 9.75. The Morgan fingerprint density at radius 2 is 1.96 bits per heavy atom. The Labute approximate surface area is 161 Å². The van der Waals surface area contributed by atoms with Gasteiger partial charge < -0.3 is 4.74 Å². The van der Waals surface area contributed by atoms with Gasteiger partial charge in [0.05, 0.1) is 17.5 Å². The highest BCUT2D eigenvalue weighted by Crippen LogP contribution is 2.35. The molecule has 3 rings (SSSR count). The number of hydrogen-bond acceptors (Lipinski definition) is 6. The third-order valence-electron chi connectivity index (χ3n) is 6.07. The fraction of sp³-hybridized carbons (Fsp3) is 0.842. The average Bonchev–Trinajstić information content (AvgIpc) is 2.94. The SMILES string of the molecule is CC(C)[C@H]1CC[C@@H](C)C[C@@H]1OC(=O)C1=NN([C@H]2CCS(=O)(=O)C2)C(=O)CC1. The topological polar surface area (TPSA) is 93.1 Å². The fourth-order valence-corrected chi connectivity index (χ4v) is 6.12. The first-order valence-electron chi connectivity index (χ1n) is 9.97. The number of ether oxygens (including phenoxy) is 1. The van der Waals surface area contributed by atoms with Crippen LogP contribution in [0.25, 0.3) is 0 Å². The summed E-state index contributed by atoms with van der Waals surface area (Å²) < 4.78 is 29.3. The fourth-order valence-electron chi connectivity index (χ4n) is 4.43. The van der Waals surface area contributed by atoms with Crippen molar-refractivity contribution in [3.8, 4) is 0 Å². The van der Waals surface area contributed by atoms with Crippen LogP contribution in [0.5, 0.6) is 0 Å². The van der Waals surface area contributed by atoms with Crippen molar-refractivity contribution in [2.75, 3.05) is 11.5 Å². The number of carbonyl (C=O) groups excluding carboxylic acids is 2. The molecule has 0 radical (unpaired) electrons. The van der Waals surface area contributed by atoms with Crippen molar-refractivity contribution in [1.29, 1.82) is 0 Å². The normalized spacial score (nSPS) is 33.9. The first-order valence-corrected chi connectivity index (χ1v) is 11.8. The van der Waals surface area contributed by atoms with Crippen LogP contribution in [0.4, 0.5) is 0 Å². The minimum Gasteiger partial charge on any atom is -0.458 e. The predicted molar refractivity (Wildman–Crippen MR) is 102 cm³/mol. The molecule has 1 saturated heterocycles. The maximum atomic E-state index is 12.7. The number of carbonyl (C=O) groups is 2. The number of hydrazone groups is 1. The highest BCUT2D eigenvalue weighted by molar-refractivity contribution is 7.91. The maximum Gasteiger partial charge on any atom is 0.354 e. The molecule has 0 aromatic rings. The molecule has 2 fully saturated rings. The Balaban J connectivity index is 1.71. The minimum atomic E-state index is -3.13. The molecule has 2 aliphatic heterocycles. The number of amides is 1. The second-order valence-electron chi connectivity index (χ2n) is 8.61. The summed E-state index contributed by atoms with van der Waals surface area (Å²) in [5, 5.41) is 5.44. The van der Waals surface area contributed by atoms with Gasteiger partial charge in [0, 0.05) is 12.8 Å². The van der Waals surface area contributed by atoms with Gasteiger partial charge in [-0.1, -0.05) is 27.2 Å². The molecule has 0 spiro atoms. The Bertz CT molecular complexity index is 730. The molecule has 1 aliphatic carbocycles. The lowest BCUT2D eigenvalue weighted by molar-refractivity contribution is -0.148. The van der Waals surface area contributed by atoms with E-state index in [4.69, 9.17) is 4.74 Å². The molecule has 152 valence electrons. The van der Waals surface area contributed by atoms with Crippen LogP contribution in [-0.2, 0) is 24.2 Å². The Morgan fingerprint density at radius 3 is 2.59 bits per heavy atom. The quantitative estimate of drug-likeness (QED) is 0.677. The van der Waals surface area contributed by atoms with E-state index in [0.717, 1.165) is 19.3 Å². The number of rotatable bonds is 4. The molecule has 0 unspecified atom stereocenters. The zero-order chi connectivity index (χ0) is 19.8. The van der Waals surface area contributed by atoms with Crippen LogP contribution >= 0.6 is 0 Å². The van der Waals surface area contributed by atoms with E-state index in [0.29, 0.717) is 24.2 Å². The van der Waals surface area contributed by atoms with Crippen molar-refractivity contribution in [3.63, 3.8) is 0 Å². The van der Waals surface area contributed by atoms with Crippen LogP contribution in [-0.4, -0.2) is 54.7 Å². The first-order chi connectivity index (χ1) is 12.7. The molecule has 8 heteroatoms. The van der Waals surface area contributed by atoms with Gasteiger partial charge in [-0.2, -0.15) is 5.10 Å². The summed E-state index contributed by atoms with van der Waals surface area (Å²) in [6.07, 6.45) is 3.72. The molecule has 0 aromatic heterocycles. The first kappa shape index (κ1) is 20.3. The van der Waals surface area contributed by atoms with Crippen LogP contribution in [0.3, 0.4) is 0 Å². The van der Waals surface area contributed by atoms with E-state index in [1.54, 1.807) is 0 Å². The molecule has 0 bridgehead atoms. The molecule has 27 heavy (non-hydrogen) atoms. The highest BCUT2D eigenvalue weighted by atomic mass is 32.2. The summed E-state index contributed by atoms with van der Waals surface area (Å²) >= 11 is 0. The van der Waals surface area contributed by atoms with Gasteiger partial charge in [0.25, 0.3) is 0 Å². The zero-order valence-corrected chi connectivity index (χ0v) is 17.2. The van der Waals surface area contributed by atoms with Crippen LogP contribution in [0.15, 0.2) is 5.10 Å². The molecule has 1 amide bonds. The van der Waals surface area contributed by atoms with E-state index < -0.39 is 21.8 Å². The van der Waals surface area contributed by atoms with Gasteiger partial charge in [-0.3, -0.25) is 4.79 Å². The summed E-state index contributed by atoms with van der Waals surface area (Å²) in [5.41, 5.74) is 0.236. The van der Waals surface area contributed by atoms with Gasteiger partial charge in [-0.25, -0.2) is 18.2 Å². The lowest BCUT2D eigenvalue weighted by Gasteiger charge is -2.37. The van der Waals surface area contributed by atoms with Crippen LogP contribution in [0, 0.1) is 17.8 Å². The highest BCUT2D eigenvalue weighted by Gasteiger charge is 2.39. The van der Waals surface area contributed by atoms with Crippen LogP contribution in [0.2, 0.25) is 0 Å². The Hall–Kier alpha value is -1.44. The Morgan fingerprint density at radius 1 is 1.22 bits per heavy atom. The molecule has 0 aromatic carbocycles. The second kappa shape index (κ2) is 7.89. The molecule has 7 nitrogen and oxygen atoms in total. The standard InChI is InChI=1S/C19H30N2O5S/c1-12(2)15-5-4-13(3)10-17(15)26-19(23)16-6-7-18(22)21(20-16)14-8-9-27(24,25)11-14/h12-15,17H,4-11H2,1-3H3/t13-,14+,15-,17+/m1/s1. The number of sulfone groups is 1. The van der Waals surface area contributed by atoms with E-state index in [2.05, 4.69) is 25.9 Å². The lowest BCUT2D eigenvalue weighted by Crippen LogP contribution is -2.43. The predicted octanol–water partition coefficient (Wildman–Crippen LogP) is 2.16. The number of nitrogens with zero attached hydrogens (tertiary/aromatic N) is 2. The molecule has 4 atom stereocenters. The van der Waals surface area contributed by atoms with Crippen molar-refractivity contribution in [1.82, 2.24) is 5.01 Å². The third-order valence-corrected chi connectivity index (χ3v) is 7.82. The van der Waals surface area contributed by atoms with Gasteiger partial charge >= 0.3 is 5.97 Å². The maximum absolute atomic E-state index is 12.7. The molecular weight excluding hydrogens is 368 g/mol. The van der Waals surface area contributed by atoms with Crippen molar-refractivity contribution in [2.45, 2.75) is 71.4 Å². The van der Waals surface area contributed by atoms with E-state index in [9.17, 15) is 18.0 Å².